The van der Waals surface area contributed by atoms with E-state index in [0.29, 0.717) is 13.0 Å². The van der Waals surface area contributed by atoms with Crippen molar-refractivity contribution in [3.8, 4) is 0 Å². The van der Waals surface area contributed by atoms with E-state index in [1.807, 2.05) is 7.05 Å². The van der Waals surface area contributed by atoms with Crippen LogP contribution in [0.25, 0.3) is 0 Å². The summed E-state index contributed by atoms with van der Waals surface area (Å²) >= 11 is 0. The number of anilines is 1. The van der Waals surface area contributed by atoms with Gasteiger partial charge in [-0.25, -0.2) is 0 Å². The van der Waals surface area contributed by atoms with Gasteiger partial charge >= 0.3 is 0 Å². The highest BCUT2D eigenvalue weighted by molar-refractivity contribution is 5.91. The van der Waals surface area contributed by atoms with E-state index in [1.54, 1.807) is 0 Å². The number of carbonyl (C=O) groups excluding carboxylic acids is 1. The van der Waals surface area contributed by atoms with Crippen LogP contribution < -0.4 is 10.6 Å². The minimum Gasteiger partial charge on any atom is -0.326 e. The summed E-state index contributed by atoms with van der Waals surface area (Å²) in [6.45, 7) is 4.93. The fraction of sp³-hybridized carbons (Fsp3) is 0.500. The quantitative estimate of drug-likeness (QED) is 0.793. The molecule has 1 aromatic rings. The Hall–Kier alpha value is -1.35. The van der Waals surface area contributed by atoms with Crippen molar-refractivity contribution in [1.29, 1.82) is 0 Å². The molecule has 1 amide bonds. The molecule has 3 nitrogen and oxygen atoms in total. The lowest BCUT2D eigenvalue weighted by atomic mass is 10.1. The molecule has 0 aliphatic heterocycles. The first-order chi connectivity index (χ1) is 8.21. The van der Waals surface area contributed by atoms with Gasteiger partial charge < -0.3 is 10.6 Å². The molecule has 0 heterocycles. The van der Waals surface area contributed by atoms with E-state index in [2.05, 4.69) is 42.7 Å². The van der Waals surface area contributed by atoms with E-state index in [1.165, 1.54) is 11.1 Å². The zero-order chi connectivity index (χ0) is 12.7. The van der Waals surface area contributed by atoms with Crippen LogP contribution in [0.15, 0.2) is 18.2 Å². The molecule has 2 N–H and O–H groups in total. The monoisotopic (exact) mass is 234 g/mol. The second-order valence-corrected chi connectivity index (χ2v) is 4.10. The van der Waals surface area contributed by atoms with Crippen molar-refractivity contribution in [2.24, 2.45) is 0 Å². The van der Waals surface area contributed by atoms with Gasteiger partial charge in [0.25, 0.3) is 0 Å². The van der Waals surface area contributed by atoms with Gasteiger partial charge in [0.15, 0.2) is 0 Å². The topological polar surface area (TPSA) is 41.1 Å². The lowest BCUT2D eigenvalue weighted by Crippen LogP contribution is -2.19. The number of amides is 1. The summed E-state index contributed by atoms with van der Waals surface area (Å²) in [6.07, 6.45) is 2.44. The Morgan fingerprint density at radius 2 is 2.00 bits per heavy atom. The van der Waals surface area contributed by atoms with E-state index in [9.17, 15) is 4.79 Å². The van der Waals surface area contributed by atoms with Gasteiger partial charge in [0.2, 0.25) is 5.91 Å². The molecule has 0 atom stereocenters. The van der Waals surface area contributed by atoms with E-state index < -0.39 is 0 Å². The van der Waals surface area contributed by atoms with Crippen molar-refractivity contribution in [3.05, 3.63) is 29.3 Å². The van der Waals surface area contributed by atoms with E-state index in [0.717, 1.165) is 18.5 Å². The van der Waals surface area contributed by atoms with E-state index in [-0.39, 0.29) is 5.91 Å². The molecule has 0 saturated heterocycles. The van der Waals surface area contributed by atoms with Crippen molar-refractivity contribution < 1.29 is 4.79 Å². The molecular weight excluding hydrogens is 212 g/mol. The molecule has 94 valence electrons. The molecule has 1 rings (SSSR count). The number of carbonyl (C=O) groups is 1. The largest absolute Gasteiger partial charge is 0.326 e. The Bertz CT molecular complexity index is 374. The van der Waals surface area contributed by atoms with Gasteiger partial charge in [0.1, 0.15) is 0 Å². The molecule has 3 heteroatoms. The van der Waals surface area contributed by atoms with Gasteiger partial charge in [-0.1, -0.05) is 26.0 Å². The average Bonchev–Trinajstić information content (AvgIpc) is 2.36. The number of hydrogen-bond donors (Lipinski definition) is 2. The zero-order valence-electron chi connectivity index (χ0n) is 11.0. The maximum Gasteiger partial charge on any atom is 0.225 e. The first-order valence-corrected chi connectivity index (χ1v) is 6.27. The summed E-state index contributed by atoms with van der Waals surface area (Å²) < 4.78 is 0. The van der Waals surface area contributed by atoms with Crippen molar-refractivity contribution in [2.75, 3.05) is 18.9 Å². The summed E-state index contributed by atoms with van der Waals surface area (Å²) in [6, 6.07) is 6.31. The predicted octanol–water partition coefficient (Wildman–Crippen LogP) is 2.36. The molecule has 0 bridgehead atoms. The molecule has 0 fully saturated rings. The highest BCUT2D eigenvalue weighted by Crippen LogP contribution is 2.19. The fourth-order valence-electron chi connectivity index (χ4n) is 1.72. The maximum atomic E-state index is 11.7. The lowest BCUT2D eigenvalue weighted by molar-refractivity contribution is -0.116. The number of rotatable bonds is 6. The first-order valence-electron chi connectivity index (χ1n) is 6.27. The molecule has 17 heavy (non-hydrogen) atoms. The molecule has 0 aliphatic rings. The van der Waals surface area contributed by atoms with Crippen LogP contribution in [-0.2, 0) is 17.6 Å². The maximum absolute atomic E-state index is 11.7. The van der Waals surface area contributed by atoms with E-state index in [4.69, 9.17) is 0 Å². The Morgan fingerprint density at radius 3 is 2.59 bits per heavy atom. The summed E-state index contributed by atoms with van der Waals surface area (Å²) in [4.78, 5) is 11.7. The normalized spacial score (nSPS) is 10.3. The second kappa shape index (κ2) is 7.07. The predicted molar refractivity (Wildman–Crippen MR) is 72.4 cm³/mol. The third-order valence-corrected chi connectivity index (χ3v) is 2.84. The Kier molecular flexibility index (Phi) is 5.70. The summed E-state index contributed by atoms with van der Waals surface area (Å²) in [5.41, 5.74) is 3.42. The number of nitrogens with one attached hydrogen (secondary N) is 2. The van der Waals surface area contributed by atoms with Gasteiger partial charge in [-0.15, -0.1) is 0 Å². The van der Waals surface area contributed by atoms with E-state index >= 15 is 0 Å². The van der Waals surface area contributed by atoms with Crippen LogP contribution in [0.3, 0.4) is 0 Å². The summed E-state index contributed by atoms with van der Waals surface area (Å²) in [5, 5.41) is 5.97. The summed E-state index contributed by atoms with van der Waals surface area (Å²) in [5.74, 6) is 0.0716. The number of hydrogen-bond acceptors (Lipinski definition) is 2. The SMILES string of the molecule is CCc1ccc(CC)c(NC(=O)CCNC)c1. The molecule has 0 aromatic heterocycles. The second-order valence-electron chi connectivity index (χ2n) is 4.10. The van der Waals surface area contributed by atoms with Crippen molar-refractivity contribution in [1.82, 2.24) is 5.32 Å². The highest BCUT2D eigenvalue weighted by atomic mass is 16.1. The van der Waals surface area contributed by atoms with Gasteiger partial charge in [0, 0.05) is 18.7 Å². The first kappa shape index (κ1) is 13.7. The lowest BCUT2D eigenvalue weighted by Gasteiger charge is -2.11. The third kappa shape index (κ3) is 4.19. The molecule has 1 aromatic carbocycles. The van der Waals surface area contributed by atoms with Crippen LogP contribution >= 0.6 is 0 Å². The van der Waals surface area contributed by atoms with Crippen molar-refractivity contribution in [3.63, 3.8) is 0 Å². The smallest absolute Gasteiger partial charge is 0.225 e. The molecule has 0 unspecified atom stereocenters. The fourth-order valence-corrected chi connectivity index (χ4v) is 1.72. The van der Waals surface area contributed by atoms with Crippen LogP contribution in [0.4, 0.5) is 5.69 Å². The van der Waals surface area contributed by atoms with Gasteiger partial charge in [0.05, 0.1) is 0 Å². The van der Waals surface area contributed by atoms with Crippen LogP contribution in [0, 0.1) is 0 Å². The highest BCUT2D eigenvalue weighted by Gasteiger charge is 2.06. The Morgan fingerprint density at radius 1 is 1.24 bits per heavy atom. The number of benzene rings is 1. The van der Waals surface area contributed by atoms with Crippen molar-refractivity contribution >= 4 is 11.6 Å². The minimum atomic E-state index is 0.0716. The Labute approximate surface area is 104 Å². The van der Waals surface area contributed by atoms with Gasteiger partial charge in [-0.3, -0.25) is 4.79 Å². The number of aryl methyl sites for hydroxylation is 2. The van der Waals surface area contributed by atoms with Crippen LogP contribution in [0.2, 0.25) is 0 Å². The minimum absolute atomic E-state index is 0.0716. The molecule has 0 radical (unpaired) electrons. The van der Waals surface area contributed by atoms with Gasteiger partial charge in [-0.2, -0.15) is 0 Å². The Balaban J connectivity index is 2.76. The van der Waals surface area contributed by atoms with Crippen LogP contribution in [0.1, 0.15) is 31.4 Å². The molecule has 0 spiro atoms. The standard InChI is InChI=1S/C14H22N2O/c1-4-11-6-7-12(5-2)13(10-11)16-14(17)8-9-15-3/h6-7,10,15H,4-5,8-9H2,1-3H3,(H,16,17). The molecule has 0 saturated carbocycles. The molecule has 0 aliphatic carbocycles. The average molecular weight is 234 g/mol. The third-order valence-electron chi connectivity index (χ3n) is 2.84. The zero-order valence-corrected chi connectivity index (χ0v) is 11.0. The van der Waals surface area contributed by atoms with Crippen LogP contribution in [-0.4, -0.2) is 19.5 Å². The van der Waals surface area contributed by atoms with Crippen molar-refractivity contribution in [2.45, 2.75) is 33.1 Å². The molecular formula is C14H22N2O. The summed E-state index contributed by atoms with van der Waals surface area (Å²) in [7, 11) is 1.85. The van der Waals surface area contributed by atoms with Crippen LogP contribution in [0.5, 0.6) is 0 Å². The van der Waals surface area contributed by atoms with Gasteiger partial charge in [-0.05, 0) is 37.1 Å².